The van der Waals surface area contributed by atoms with Gasteiger partial charge in [-0.3, -0.25) is 4.79 Å². The third-order valence-electron chi connectivity index (χ3n) is 3.22. The van der Waals surface area contributed by atoms with Gasteiger partial charge in [-0.2, -0.15) is 0 Å². The molecule has 0 atom stereocenters. The van der Waals surface area contributed by atoms with E-state index in [4.69, 9.17) is 0 Å². The number of benzene rings is 1. The minimum Gasteiger partial charge on any atom is -0.351 e. The van der Waals surface area contributed by atoms with E-state index in [1.807, 2.05) is 25.1 Å². The molecule has 0 radical (unpaired) electrons. The molecule has 16 heavy (non-hydrogen) atoms. The van der Waals surface area contributed by atoms with Crippen LogP contribution in [0.2, 0.25) is 0 Å². The van der Waals surface area contributed by atoms with Gasteiger partial charge in [0.05, 0.1) is 5.56 Å². The number of aryl methyl sites for hydroxylation is 1. The summed E-state index contributed by atoms with van der Waals surface area (Å²) < 4.78 is 1.05. The molecule has 0 bridgehead atoms. The fraction of sp³-hybridized carbons (Fsp3) is 0.462. The highest BCUT2D eigenvalue weighted by atomic mass is 127. The van der Waals surface area contributed by atoms with Crippen molar-refractivity contribution in [3.05, 3.63) is 32.9 Å². The Morgan fingerprint density at radius 2 is 2.19 bits per heavy atom. The van der Waals surface area contributed by atoms with Crippen LogP contribution in [0.25, 0.3) is 0 Å². The van der Waals surface area contributed by atoms with Crippen molar-refractivity contribution >= 4 is 28.5 Å². The number of nitrogens with one attached hydrogen (secondary N) is 1. The van der Waals surface area contributed by atoms with Crippen LogP contribution in [0.1, 0.15) is 35.7 Å². The van der Waals surface area contributed by atoms with Gasteiger partial charge in [-0.1, -0.05) is 19.1 Å². The van der Waals surface area contributed by atoms with Crippen molar-refractivity contribution in [1.29, 1.82) is 0 Å². The van der Waals surface area contributed by atoms with Crippen molar-refractivity contribution in [2.75, 3.05) is 6.54 Å². The lowest BCUT2D eigenvalue weighted by atomic mass is 10.1. The molecule has 1 amide bonds. The highest BCUT2D eigenvalue weighted by molar-refractivity contribution is 14.1. The Balaban J connectivity index is 2.05. The molecule has 1 aliphatic carbocycles. The van der Waals surface area contributed by atoms with Gasteiger partial charge in [0.15, 0.2) is 0 Å². The van der Waals surface area contributed by atoms with Crippen LogP contribution in [0, 0.1) is 15.9 Å². The first-order valence-corrected chi connectivity index (χ1v) is 6.63. The second kappa shape index (κ2) is 4.35. The van der Waals surface area contributed by atoms with E-state index in [-0.39, 0.29) is 5.91 Å². The van der Waals surface area contributed by atoms with Gasteiger partial charge >= 0.3 is 0 Å². The topological polar surface area (TPSA) is 29.1 Å². The number of amides is 1. The van der Waals surface area contributed by atoms with Gasteiger partial charge in [0.1, 0.15) is 0 Å². The Labute approximate surface area is 110 Å². The second-order valence-corrected chi connectivity index (χ2v) is 6.01. The molecule has 0 saturated heterocycles. The summed E-state index contributed by atoms with van der Waals surface area (Å²) in [6.07, 6.45) is 2.47. The molecule has 2 rings (SSSR count). The van der Waals surface area contributed by atoms with E-state index in [0.29, 0.717) is 5.41 Å². The van der Waals surface area contributed by atoms with Crippen molar-refractivity contribution in [1.82, 2.24) is 5.32 Å². The van der Waals surface area contributed by atoms with Gasteiger partial charge in [-0.05, 0) is 59.4 Å². The molecule has 1 aromatic carbocycles. The quantitative estimate of drug-likeness (QED) is 0.848. The molecule has 1 aliphatic rings. The molecule has 1 fully saturated rings. The Morgan fingerprint density at radius 1 is 1.50 bits per heavy atom. The van der Waals surface area contributed by atoms with Crippen LogP contribution in [0.5, 0.6) is 0 Å². The predicted octanol–water partition coefficient (Wildman–Crippen LogP) is 3.13. The maximum absolute atomic E-state index is 12.0. The van der Waals surface area contributed by atoms with E-state index in [0.717, 1.165) is 21.2 Å². The first kappa shape index (κ1) is 11.9. The number of rotatable bonds is 3. The standard InChI is InChI=1S/C13H16INO/c1-9-4-3-5-10(11(9)14)12(16)15-8-13(2)6-7-13/h3-5H,6-8H2,1-2H3,(H,15,16). The van der Waals surface area contributed by atoms with Crippen LogP contribution in [-0.2, 0) is 0 Å². The van der Waals surface area contributed by atoms with E-state index in [9.17, 15) is 4.79 Å². The third-order valence-corrected chi connectivity index (χ3v) is 4.65. The fourth-order valence-corrected chi connectivity index (χ4v) is 2.21. The maximum atomic E-state index is 12.0. The summed E-state index contributed by atoms with van der Waals surface area (Å²) in [6, 6.07) is 5.85. The van der Waals surface area contributed by atoms with Crippen molar-refractivity contribution in [2.24, 2.45) is 5.41 Å². The highest BCUT2D eigenvalue weighted by Crippen LogP contribution is 2.44. The lowest BCUT2D eigenvalue weighted by Crippen LogP contribution is -2.29. The minimum absolute atomic E-state index is 0.0567. The third kappa shape index (κ3) is 2.56. The lowest BCUT2D eigenvalue weighted by Gasteiger charge is -2.11. The van der Waals surface area contributed by atoms with E-state index in [2.05, 4.69) is 34.8 Å². The molecule has 0 aromatic heterocycles. The molecule has 2 nitrogen and oxygen atoms in total. The van der Waals surface area contributed by atoms with Crippen molar-refractivity contribution < 1.29 is 4.79 Å². The molecule has 1 saturated carbocycles. The van der Waals surface area contributed by atoms with Crippen molar-refractivity contribution in [3.63, 3.8) is 0 Å². The Hall–Kier alpha value is -0.580. The molecule has 1 aromatic rings. The van der Waals surface area contributed by atoms with Gasteiger partial charge < -0.3 is 5.32 Å². The second-order valence-electron chi connectivity index (χ2n) is 4.93. The Morgan fingerprint density at radius 3 is 2.81 bits per heavy atom. The van der Waals surface area contributed by atoms with Gasteiger partial charge in [-0.25, -0.2) is 0 Å². The summed E-state index contributed by atoms with van der Waals surface area (Å²) in [5, 5.41) is 3.03. The van der Waals surface area contributed by atoms with Gasteiger partial charge in [0, 0.05) is 10.1 Å². The number of hydrogen-bond donors (Lipinski definition) is 1. The molecular formula is C13H16INO. The number of carbonyl (C=O) groups is 1. The zero-order valence-electron chi connectivity index (χ0n) is 9.64. The fourth-order valence-electron chi connectivity index (χ4n) is 1.60. The molecule has 0 spiro atoms. The number of halogens is 1. The molecule has 3 heteroatoms. The number of hydrogen-bond acceptors (Lipinski definition) is 1. The van der Waals surface area contributed by atoms with E-state index in [1.54, 1.807) is 0 Å². The predicted molar refractivity (Wildman–Crippen MR) is 73.6 cm³/mol. The summed E-state index contributed by atoms with van der Waals surface area (Å²) >= 11 is 2.24. The smallest absolute Gasteiger partial charge is 0.252 e. The van der Waals surface area contributed by atoms with Crippen LogP contribution < -0.4 is 5.32 Å². The molecule has 86 valence electrons. The summed E-state index contributed by atoms with van der Waals surface area (Å²) in [4.78, 5) is 12.0. The molecule has 0 heterocycles. The van der Waals surface area contributed by atoms with Gasteiger partial charge in [0.2, 0.25) is 0 Å². The molecular weight excluding hydrogens is 313 g/mol. The van der Waals surface area contributed by atoms with Crippen LogP contribution in [0.15, 0.2) is 18.2 Å². The molecule has 0 unspecified atom stereocenters. The van der Waals surface area contributed by atoms with Crippen molar-refractivity contribution in [3.8, 4) is 0 Å². The minimum atomic E-state index is 0.0567. The highest BCUT2D eigenvalue weighted by Gasteiger charge is 2.37. The average Bonchev–Trinajstić information content (AvgIpc) is 2.98. The zero-order chi connectivity index (χ0) is 11.8. The van der Waals surface area contributed by atoms with Gasteiger partial charge in [0.25, 0.3) is 5.91 Å². The summed E-state index contributed by atoms with van der Waals surface area (Å²) in [5.41, 5.74) is 2.32. The monoisotopic (exact) mass is 329 g/mol. The Kier molecular flexibility index (Phi) is 3.24. The molecule has 1 N–H and O–H groups in total. The molecule has 0 aliphatic heterocycles. The van der Waals surface area contributed by atoms with E-state index < -0.39 is 0 Å². The summed E-state index contributed by atoms with van der Waals surface area (Å²) in [5.74, 6) is 0.0567. The largest absolute Gasteiger partial charge is 0.351 e. The van der Waals surface area contributed by atoms with Crippen LogP contribution in [0.3, 0.4) is 0 Å². The first-order chi connectivity index (χ1) is 7.52. The van der Waals surface area contributed by atoms with Crippen LogP contribution >= 0.6 is 22.6 Å². The summed E-state index contributed by atoms with van der Waals surface area (Å²) in [7, 11) is 0. The summed E-state index contributed by atoms with van der Waals surface area (Å²) in [6.45, 7) is 5.05. The normalized spacial score (nSPS) is 16.9. The first-order valence-electron chi connectivity index (χ1n) is 5.55. The van der Waals surface area contributed by atoms with E-state index in [1.165, 1.54) is 12.8 Å². The van der Waals surface area contributed by atoms with Crippen LogP contribution in [0.4, 0.5) is 0 Å². The lowest BCUT2D eigenvalue weighted by molar-refractivity contribution is 0.0945. The maximum Gasteiger partial charge on any atom is 0.252 e. The van der Waals surface area contributed by atoms with Crippen molar-refractivity contribution in [2.45, 2.75) is 26.7 Å². The SMILES string of the molecule is Cc1cccc(C(=O)NCC2(C)CC2)c1I. The Bertz CT molecular complexity index is 424. The van der Waals surface area contributed by atoms with E-state index >= 15 is 0 Å². The van der Waals surface area contributed by atoms with Crippen LogP contribution in [-0.4, -0.2) is 12.5 Å². The van der Waals surface area contributed by atoms with Gasteiger partial charge in [-0.15, -0.1) is 0 Å². The average molecular weight is 329 g/mol. The number of carbonyl (C=O) groups excluding carboxylic acids is 1. The zero-order valence-corrected chi connectivity index (χ0v) is 11.8.